The van der Waals surface area contributed by atoms with Gasteiger partial charge in [0.1, 0.15) is 0 Å². The Morgan fingerprint density at radius 3 is 2.85 bits per heavy atom. The third-order valence-electron chi connectivity index (χ3n) is 1.40. The standard InChI is InChI=1S/C6H8N4O3/c1-3(8-6(12)13)5(11)4-2-7-10-9-4/h2-3,8H,1H3,(H,12,13)(H,7,9,10). The molecule has 0 saturated carbocycles. The number of Topliss-reactive ketones (excluding diaryl/α,β-unsaturated/α-hetero) is 1. The SMILES string of the molecule is CC(NC(=O)O)C(=O)c1cn[nH]n1. The molecule has 0 fully saturated rings. The molecule has 70 valence electrons. The van der Waals surface area contributed by atoms with Crippen LogP contribution in [0.25, 0.3) is 0 Å². The fraction of sp³-hybridized carbons (Fsp3) is 0.333. The molecule has 0 saturated heterocycles. The number of ketones is 1. The highest BCUT2D eigenvalue weighted by molar-refractivity contribution is 5.99. The van der Waals surface area contributed by atoms with Gasteiger partial charge < -0.3 is 10.4 Å². The first-order valence-electron chi connectivity index (χ1n) is 3.50. The summed E-state index contributed by atoms with van der Waals surface area (Å²) in [5, 5.41) is 19.6. The Labute approximate surface area is 73.1 Å². The van der Waals surface area contributed by atoms with Crippen molar-refractivity contribution >= 4 is 11.9 Å². The van der Waals surface area contributed by atoms with E-state index in [-0.39, 0.29) is 5.69 Å². The van der Waals surface area contributed by atoms with E-state index in [2.05, 4.69) is 15.4 Å². The molecular weight excluding hydrogens is 176 g/mol. The van der Waals surface area contributed by atoms with Crippen LogP contribution in [0.2, 0.25) is 0 Å². The molecule has 7 nitrogen and oxygen atoms in total. The van der Waals surface area contributed by atoms with Gasteiger partial charge in [-0.1, -0.05) is 0 Å². The third kappa shape index (κ3) is 2.26. The molecule has 0 spiro atoms. The van der Waals surface area contributed by atoms with Crippen molar-refractivity contribution in [1.82, 2.24) is 20.7 Å². The predicted octanol–water partition coefficient (Wildman–Crippen LogP) is -0.357. The highest BCUT2D eigenvalue weighted by Crippen LogP contribution is 1.96. The van der Waals surface area contributed by atoms with Gasteiger partial charge in [0.15, 0.2) is 5.69 Å². The molecule has 0 aliphatic heterocycles. The maximum absolute atomic E-state index is 11.3. The molecule has 0 radical (unpaired) electrons. The van der Waals surface area contributed by atoms with Crippen LogP contribution in [0.1, 0.15) is 17.4 Å². The summed E-state index contributed by atoms with van der Waals surface area (Å²) in [6.07, 6.45) is -0.00752. The van der Waals surface area contributed by atoms with Crippen molar-refractivity contribution in [2.75, 3.05) is 0 Å². The second-order valence-corrected chi connectivity index (χ2v) is 2.39. The summed E-state index contributed by atoms with van der Waals surface area (Å²) in [6, 6.07) is -0.817. The van der Waals surface area contributed by atoms with Gasteiger partial charge in [-0.25, -0.2) is 4.79 Å². The molecule has 1 atom stereocenters. The lowest BCUT2D eigenvalue weighted by atomic mass is 10.2. The van der Waals surface area contributed by atoms with Crippen molar-refractivity contribution in [2.24, 2.45) is 0 Å². The average Bonchev–Trinajstić information content (AvgIpc) is 2.53. The van der Waals surface area contributed by atoms with Crippen molar-refractivity contribution in [3.63, 3.8) is 0 Å². The highest BCUT2D eigenvalue weighted by Gasteiger charge is 2.18. The van der Waals surface area contributed by atoms with Crippen LogP contribution < -0.4 is 5.32 Å². The first-order valence-corrected chi connectivity index (χ1v) is 3.50. The van der Waals surface area contributed by atoms with E-state index in [0.717, 1.165) is 0 Å². The number of hydrogen-bond donors (Lipinski definition) is 3. The summed E-state index contributed by atoms with van der Waals surface area (Å²) in [5.74, 6) is -0.420. The van der Waals surface area contributed by atoms with Gasteiger partial charge in [0.05, 0.1) is 12.2 Å². The lowest BCUT2D eigenvalue weighted by molar-refractivity contribution is 0.0940. The van der Waals surface area contributed by atoms with Crippen LogP contribution in [0.5, 0.6) is 0 Å². The molecule has 0 aliphatic rings. The normalized spacial score (nSPS) is 12.1. The molecule has 0 bridgehead atoms. The minimum absolute atomic E-state index is 0.112. The van der Waals surface area contributed by atoms with E-state index in [1.54, 1.807) is 0 Å². The van der Waals surface area contributed by atoms with Crippen LogP contribution in [0, 0.1) is 0 Å². The fourth-order valence-corrected chi connectivity index (χ4v) is 0.793. The number of H-pyrrole nitrogens is 1. The molecule has 3 N–H and O–H groups in total. The topological polar surface area (TPSA) is 108 Å². The molecule has 1 aromatic rings. The Morgan fingerprint density at radius 2 is 2.38 bits per heavy atom. The van der Waals surface area contributed by atoms with Crippen molar-refractivity contribution < 1.29 is 14.7 Å². The molecule has 1 rings (SSSR count). The smallest absolute Gasteiger partial charge is 0.405 e. The Morgan fingerprint density at radius 1 is 1.69 bits per heavy atom. The summed E-state index contributed by atoms with van der Waals surface area (Å²) in [7, 11) is 0. The minimum Gasteiger partial charge on any atom is -0.465 e. The summed E-state index contributed by atoms with van der Waals surface area (Å²) >= 11 is 0. The third-order valence-corrected chi connectivity index (χ3v) is 1.40. The second-order valence-electron chi connectivity index (χ2n) is 2.39. The van der Waals surface area contributed by atoms with Crippen LogP contribution in [0.15, 0.2) is 6.20 Å². The number of hydrogen-bond acceptors (Lipinski definition) is 4. The fourth-order valence-electron chi connectivity index (χ4n) is 0.793. The average molecular weight is 184 g/mol. The number of aromatic nitrogens is 3. The molecule has 0 aliphatic carbocycles. The van der Waals surface area contributed by atoms with Gasteiger partial charge in [-0.3, -0.25) is 4.79 Å². The quantitative estimate of drug-likeness (QED) is 0.556. The Balaban J connectivity index is 2.63. The lowest BCUT2D eigenvalue weighted by Gasteiger charge is -2.06. The molecule has 1 amide bonds. The largest absolute Gasteiger partial charge is 0.465 e. The van der Waals surface area contributed by atoms with Gasteiger partial charge in [0.2, 0.25) is 5.78 Å². The zero-order valence-corrected chi connectivity index (χ0v) is 6.81. The van der Waals surface area contributed by atoms with Crippen LogP contribution in [0.4, 0.5) is 4.79 Å². The molecule has 13 heavy (non-hydrogen) atoms. The molecule has 1 unspecified atom stereocenters. The van der Waals surface area contributed by atoms with Crippen molar-refractivity contribution in [3.8, 4) is 0 Å². The zero-order valence-electron chi connectivity index (χ0n) is 6.81. The van der Waals surface area contributed by atoms with E-state index >= 15 is 0 Å². The van der Waals surface area contributed by atoms with Gasteiger partial charge in [-0.2, -0.15) is 15.4 Å². The number of carboxylic acid groups (broad SMARTS) is 1. The molecule has 7 heteroatoms. The summed E-state index contributed by atoms with van der Waals surface area (Å²) in [6.45, 7) is 1.44. The van der Waals surface area contributed by atoms with Gasteiger partial charge in [0.25, 0.3) is 0 Å². The van der Waals surface area contributed by atoms with E-state index in [0.29, 0.717) is 0 Å². The molecular formula is C6H8N4O3. The van der Waals surface area contributed by atoms with Gasteiger partial charge in [0, 0.05) is 0 Å². The Bertz CT molecular complexity index is 308. The van der Waals surface area contributed by atoms with Crippen LogP contribution >= 0.6 is 0 Å². The van der Waals surface area contributed by atoms with Crippen molar-refractivity contribution in [3.05, 3.63) is 11.9 Å². The number of aromatic amines is 1. The Kier molecular flexibility index (Phi) is 2.58. The van der Waals surface area contributed by atoms with Crippen LogP contribution in [-0.2, 0) is 0 Å². The molecule has 1 heterocycles. The first kappa shape index (κ1) is 9.17. The maximum Gasteiger partial charge on any atom is 0.405 e. The van der Waals surface area contributed by atoms with Gasteiger partial charge >= 0.3 is 6.09 Å². The lowest BCUT2D eigenvalue weighted by Crippen LogP contribution is -2.37. The number of carbonyl (C=O) groups is 2. The maximum atomic E-state index is 11.3. The Hall–Kier alpha value is -1.92. The van der Waals surface area contributed by atoms with Crippen molar-refractivity contribution in [1.29, 1.82) is 0 Å². The van der Waals surface area contributed by atoms with Crippen LogP contribution in [-0.4, -0.2) is 38.4 Å². The zero-order chi connectivity index (χ0) is 9.84. The van der Waals surface area contributed by atoms with E-state index in [1.165, 1.54) is 13.1 Å². The van der Waals surface area contributed by atoms with Gasteiger partial charge in [-0.15, -0.1) is 0 Å². The second kappa shape index (κ2) is 3.65. The summed E-state index contributed by atoms with van der Waals surface area (Å²) in [4.78, 5) is 21.5. The summed E-state index contributed by atoms with van der Waals surface area (Å²) in [5.41, 5.74) is 0.112. The number of nitrogens with zero attached hydrogens (tertiary/aromatic N) is 2. The number of nitrogens with one attached hydrogen (secondary N) is 2. The molecule has 1 aromatic heterocycles. The van der Waals surface area contributed by atoms with E-state index in [9.17, 15) is 9.59 Å². The number of rotatable bonds is 3. The van der Waals surface area contributed by atoms with Gasteiger partial charge in [-0.05, 0) is 6.92 Å². The van der Waals surface area contributed by atoms with Crippen molar-refractivity contribution in [2.45, 2.75) is 13.0 Å². The van der Waals surface area contributed by atoms with E-state index < -0.39 is 17.9 Å². The van der Waals surface area contributed by atoms with E-state index in [4.69, 9.17) is 5.11 Å². The van der Waals surface area contributed by atoms with Crippen LogP contribution in [0.3, 0.4) is 0 Å². The number of amides is 1. The molecule has 0 aromatic carbocycles. The monoisotopic (exact) mass is 184 g/mol. The predicted molar refractivity (Wildman–Crippen MR) is 41.3 cm³/mol. The van der Waals surface area contributed by atoms with E-state index in [1.807, 2.05) is 5.32 Å². The number of carbonyl (C=O) groups excluding carboxylic acids is 1. The minimum atomic E-state index is -1.25. The first-order chi connectivity index (χ1) is 6.11. The highest BCUT2D eigenvalue weighted by atomic mass is 16.4. The summed E-state index contributed by atoms with van der Waals surface area (Å²) < 4.78 is 0.